The fourth-order valence-corrected chi connectivity index (χ4v) is 2.66. The third-order valence-electron chi connectivity index (χ3n) is 4.36. The molecular formula is C14H31N3O. The van der Waals surface area contributed by atoms with Gasteiger partial charge in [0.1, 0.15) is 0 Å². The summed E-state index contributed by atoms with van der Waals surface area (Å²) in [6, 6.07) is 0.752. The van der Waals surface area contributed by atoms with Gasteiger partial charge >= 0.3 is 0 Å². The van der Waals surface area contributed by atoms with Crippen molar-refractivity contribution in [3.63, 3.8) is 0 Å². The van der Waals surface area contributed by atoms with Crippen molar-refractivity contribution in [2.24, 2.45) is 5.73 Å². The highest BCUT2D eigenvalue weighted by Crippen LogP contribution is 2.18. The predicted octanol–water partition coefficient (Wildman–Crippen LogP) is 1.15. The van der Waals surface area contributed by atoms with Gasteiger partial charge in [0.15, 0.2) is 0 Å². The van der Waals surface area contributed by atoms with Gasteiger partial charge in [0, 0.05) is 32.3 Å². The van der Waals surface area contributed by atoms with E-state index in [9.17, 15) is 0 Å². The first-order valence-corrected chi connectivity index (χ1v) is 7.14. The van der Waals surface area contributed by atoms with E-state index in [2.05, 4.69) is 37.6 Å². The molecule has 0 radical (unpaired) electrons. The van der Waals surface area contributed by atoms with Crippen molar-refractivity contribution in [1.29, 1.82) is 0 Å². The van der Waals surface area contributed by atoms with Crippen molar-refractivity contribution in [3.8, 4) is 0 Å². The maximum absolute atomic E-state index is 6.22. The van der Waals surface area contributed by atoms with Gasteiger partial charge in [0.05, 0.1) is 5.60 Å². The first-order chi connectivity index (χ1) is 8.40. The molecule has 1 fully saturated rings. The van der Waals surface area contributed by atoms with E-state index in [1.54, 1.807) is 7.11 Å². The molecule has 108 valence electrons. The third-order valence-corrected chi connectivity index (χ3v) is 4.36. The fraction of sp³-hybridized carbons (Fsp3) is 1.00. The lowest BCUT2D eigenvalue weighted by Crippen LogP contribution is -2.52. The maximum atomic E-state index is 6.22. The minimum absolute atomic E-state index is 0.0454. The Morgan fingerprint density at radius 3 is 2.72 bits per heavy atom. The van der Waals surface area contributed by atoms with E-state index in [0.29, 0.717) is 6.04 Å². The van der Waals surface area contributed by atoms with E-state index < -0.39 is 0 Å². The Morgan fingerprint density at radius 2 is 2.17 bits per heavy atom. The molecule has 2 N–H and O–H groups in total. The van der Waals surface area contributed by atoms with E-state index in [0.717, 1.165) is 19.6 Å². The summed E-state index contributed by atoms with van der Waals surface area (Å²) in [5.74, 6) is 0. The highest BCUT2D eigenvalue weighted by molar-refractivity contribution is 4.87. The Balaban J connectivity index is 2.39. The van der Waals surface area contributed by atoms with Crippen LogP contribution in [-0.4, -0.2) is 67.8 Å². The van der Waals surface area contributed by atoms with Crippen molar-refractivity contribution < 1.29 is 4.74 Å². The molecule has 2 atom stereocenters. The van der Waals surface area contributed by atoms with Gasteiger partial charge in [-0.25, -0.2) is 0 Å². The van der Waals surface area contributed by atoms with Crippen LogP contribution < -0.4 is 5.73 Å². The summed E-state index contributed by atoms with van der Waals surface area (Å²) in [5, 5.41) is 0. The Morgan fingerprint density at radius 1 is 1.50 bits per heavy atom. The number of nitrogens with two attached hydrogens (primary N) is 1. The molecule has 0 saturated carbocycles. The quantitative estimate of drug-likeness (QED) is 0.743. The molecule has 0 amide bonds. The summed E-state index contributed by atoms with van der Waals surface area (Å²) in [7, 11) is 3.90. The number of hydrogen-bond donors (Lipinski definition) is 1. The lowest BCUT2D eigenvalue weighted by Gasteiger charge is -2.35. The van der Waals surface area contributed by atoms with Crippen molar-refractivity contribution in [1.82, 2.24) is 9.80 Å². The Kier molecular flexibility index (Phi) is 6.05. The molecule has 18 heavy (non-hydrogen) atoms. The van der Waals surface area contributed by atoms with Gasteiger partial charge in [-0.3, -0.25) is 4.90 Å². The van der Waals surface area contributed by atoms with Crippen LogP contribution in [0.15, 0.2) is 0 Å². The van der Waals surface area contributed by atoms with Gasteiger partial charge in [-0.1, -0.05) is 6.92 Å². The zero-order valence-corrected chi connectivity index (χ0v) is 12.8. The fourth-order valence-electron chi connectivity index (χ4n) is 2.66. The standard InChI is InChI=1S/C14H31N3O/c1-6-17-9-7-8-12(17)10-16(4)11-13(15)14(2,3)18-5/h12-13H,6-11,15H2,1-5H3. The molecule has 0 aromatic rings. The van der Waals surface area contributed by atoms with Crippen molar-refractivity contribution in [2.75, 3.05) is 40.3 Å². The molecule has 0 aliphatic carbocycles. The molecule has 0 aromatic heterocycles. The van der Waals surface area contributed by atoms with Crippen LogP contribution in [-0.2, 0) is 4.74 Å². The van der Waals surface area contributed by atoms with Gasteiger partial charge in [0.25, 0.3) is 0 Å². The number of methoxy groups -OCH3 is 1. The Hall–Kier alpha value is -0.160. The number of likely N-dealkylation sites (tertiary alicyclic amines) is 1. The molecular weight excluding hydrogens is 226 g/mol. The van der Waals surface area contributed by atoms with E-state index >= 15 is 0 Å². The second-order valence-electron chi connectivity index (χ2n) is 6.06. The molecule has 1 saturated heterocycles. The molecule has 0 bridgehead atoms. The first-order valence-electron chi connectivity index (χ1n) is 7.14. The number of rotatable bonds is 7. The Labute approximate surface area is 112 Å². The van der Waals surface area contributed by atoms with Crippen molar-refractivity contribution in [3.05, 3.63) is 0 Å². The molecule has 1 aliphatic heterocycles. The smallest absolute Gasteiger partial charge is 0.0785 e. The second kappa shape index (κ2) is 6.85. The summed E-state index contributed by atoms with van der Waals surface area (Å²) in [5.41, 5.74) is 5.97. The van der Waals surface area contributed by atoms with Gasteiger partial charge < -0.3 is 15.4 Å². The van der Waals surface area contributed by atoms with Crippen LogP contribution in [0.3, 0.4) is 0 Å². The highest BCUT2D eigenvalue weighted by atomic mass is 16.5. The summed E-state index contributed by atoms with van der Waals surface area (Å²) < 4.78 is 5.45. The molecule has 1 rings (SSSR count). The highest BCUT2D eigenvalue weighted by Gasteiger charge is 2.29. The van der Waals surface area contributed by atoms with Crippen LogP contribution in [0.4, 0.5) is 0 Å². The lowest BCUT2D eigenvalue weighted by atomic mass is 9.99. The van der Waals surface area contributed by atoms with Gasteiger partial charge in [0.2, 0.25) is 0 Å². The topological polar surface area (TPSA) is 41.7 Å². The average Bonchev–Trinajstić information content (AvgIpc) is 2.75. The SMILES string of the molecule is CCN1CCCC1CN(C)CC(N)C(C)(C)OC. The molecule has 1 heterocycles. The average molecular weight is 257 g/mol. The van der Waals surface area contributed by atoms with E-state index in [-0.39, 0.29) is 11.6 Å². The van der Waals surface area contributed by atoms with Crippen LogP contribution >= 0.6 is 0 Å². The van der Waals surface area contributed by atoms with Gasteiger partial charge in [-0.2, -0.15) is 0 Å². The van der Waals surface area contributed by atoms with Crippen LogP contribution in [0.5, 0.6) is 0 Å². The van der Waals surface area contributed by atoms with E-state index in [1.165, 1.54) is 19.4 Å². The summed E-state index contributed by atoms with van der Waals surface area (Å²) in [6.07, 6.45) is 2.66. The van der Waals surface area contributed by atoms with Crippen LogP contribution in [0.1, 0.15) is 33.6 Å². The van der Waals surface area contributed by atoms with E-state index in [1.807, 2.05) is 0 Å². The maximum Gasteiger partial charge on any atom is 0.0785 e. The van der Waals surface area contributed by atoms with Crippen molar-refractivity contribution >= 4 is 0 Å². The molecule has 4 nitrogen and oxygen atoms in total. The Bertz CT molecular complexity index is 241. The summed E-state index contributed by atoms with van der Waals surface area (Å²) >= 11 is 0. The van der Waals surface area contributed by atoms with Crippen LogP contribution in [0.25, 0.3) is 0 Å². The molecule has 2 unspecified atom stereocenters. The molecule has 4 heteroatoms. The minimum Gasteiger partial charge on any atom is -0.377 e. The predicted molar refractivity (Wildman–Crippen MR) is 76.8 cm³/mol. The molecule has 1 aliphatic rings. The zero-order valence-electron chi connectivity index (χ0n) is 12.8. The number of likely N-dealkylation sites (N-methyl/N-ethyl adjacent to an activating group) is 2. The lowest BCUT2D eigenvalue weighted by molar-refractivity contribution is -0.00792. The second-order valence-corrected chi connectivity index (χ2v) is 6.06. The van der Waals surface area contributed by atoms with Crippen LogP contribution in [0, 0.1) is 0 Å². The molecule has 0 spiro atoms. The van der Waals surface area contributed by atoms with Gasteiger partial charge in [-0.05, 0) is 46.8 Å². The van der Waals surface area contributed by atoms with Gasteiger partial charge in [-0.15, -0.1) is 0 Å². The molecule has 0 aromatic carbocycles. The first kappa shape index (κ1) is 15.9. The summed E-state index contributed by atoms with van der Waals surface area (Å²) in [6.45, 7) is 10.8. The van der Waals surface area contributed by atoms with Crippen molar-refractivity contribution in [2.45, 2.75) is 51.3 Å². The minimum atomic E-state index is -0.256. The summed E-state index contributed by atoms with van der Waals surface area (Å²) in [4.78, 5) is 4.92. The third kappa shape index (κ3) is 4.19. The normalized spacial score (nSPS) is 23.8. The number of ether oxygens (including phenoxy) is 1. The number of hydrogen-bond acceptors (Lipinski definition) is 4. The zero-order chi connectivity index (χ0) is 13.8. The largest absolute Gasteiger partial charge is 0.377 e. The number of nitrogens with zero attached hydrogens (tertiary/aromatic N) is 2. The van der Waals surface area contributed by atoms with Crippen LogP contribution in [0.2, 0.25) is 0 Å². The van der Waals surface area contributed by atoms with E-state index in [4.69, 9.17) is 10.5 Å². The monoisotopic (exact) mass is 257 g/mol.